The van der Waals surface area contributed by atoms with E-state index < -0.39 is 92.8 Å². The number of aryl methyl sites for hydroxylation is 1. The number of hydrogen-bond acceptors (Lipinski definition) is 3. The topological polar surface area (TPSA) is 57.4 Å². The second-order valence-corrected chi connectivity index (χ2v) is 4.20. The molecule has 1 fully saturated rings. The van der Waals surface area contributed by atoms with Crippen LogP contribution in [0.15, 0.2) is 24.3 Å². The van der Waals surface area contributed by atoms with E-state index in [1.165, 1.54) is 0 Å². The van der Waals surface area contributed by atoms with Gasteiger partial charge in [-0.2, -0.15) is 0 Å². The van der Waals surface area contributed by atoms with E-state index in [1.807, 2.05) is 5.32 Å². The SMILES string of the molecule is [2H]c1[nH]c2c([2H])c([2H])c(C([2H])([2H])[C@@]3([2H])COC(=O)N3)c([2H])c2c1CC([2H])([2H])N(C([2H])([2H])[2H])C([2H])([2H])[2H]. The number of aromatic amines is 1. The number of rotatable bonds is 5. The molecule has 0 unspecified atom stereocenters. The Labute approximate surface area is 145 Å². The summed E-state index contributed by atoms with van der Waals surface area (Å²) in [7, 11) is 0. The first-order valence-corrected chi connectivity index (χ1v) is 5.93. The first kappa shape index (κ1) is 4.74. The van der Waals surface area contributed by atoms with E-state index in [1.54, 1.807) is 0 Å². The van der Waals surface area contributed by atoms with Gasteiger partial charge in [0.25, 0.3) is 0 Å². The van der Waals surface area contributed by atoms with Crippen molar-refractivity contribution in [3.8, 4) is 0 Å². The number of hydrogen-bond donors (Lipinski definition) is 2. The monoisotopic (exact) mass is 302 g/mol. The van der Waals surface area contributed by atoms with Crippen molar-refractivity contribution < 1.29 is 30.1 Å². The zero-order valence-corrected chi connectivity index (χ0v) is 10.7. The summed E-state index contributed by atoms with van der Waals surface area (Å²) in [5.74, 6) is 0. The Balaban J connectivity index is 2.28. The zero-order valence-electron chi connectivity index (χ0n) is 25.7. The van der Waals surface area contributed by atoms with Gasteiger partial charge in [-0.05, 0) is 50.0 Å². The fourth-order valence-electron chi connectivity index (χ4n) is 1.83. The van der Waals surface area contributed by atoms with Crippen LogP contribution >= 0.6 is 0 Å². The van der Waals surface area contributed by atoms with Crippen LogP contribution < -0.4 is 5.32 Å². The van der Waals surface area contributed by atoms with Crippen LogP contribution in [0.25, 0.3) is 10.9 Å². The second kappa shape index (κ2) is 5.77. The number of ether oxygens (including phenoxy) is 1. The van der Waals surface area contributed by atoms with Crippen LogP contribution in [0, 0.1) is 0 Å². The molecule has 0 bridgehead atoms. The quantitative estimate of drug-likeness (QED) is 0.887. The molecule has 2 N–H and O–H groups in total. The molecule has 0 aliphatic carbocycles. The van der Waals surface area contributed by atoms with Crippen LogP contribution in [0.5, 0.6) is 0 Å². The lowest BCUT2D eigenvalue weighted by Gasteiger charge is -2.09. The Bertz CT molecular complexity index is 1200. The minimum Gasteiger partial charge on any atom is -0.447 e. The molecule has 1 saturated heterocycles. The summed E-state index contributed by atoms with van der Waals surface area (Å²) in [4.78, 5) is 13.6. The normalized spacial score (nSPS) is 34.7. The number of carbonyl (C=O) groups is 1. The molecule has 2 aromatic rings. The molecule has 0 spiro atoms. The Hall–Kier alpha value is -2.01. The minimum atomic E-state index is -3.43. The molecule has 5 nitrogen and oxygen atoms in total. The average molecular weight is 302 g/mol. The number of fused-ring (bicyclic) bond motifs is 1. The highest BCUT2D eigenvalue weighted by molar-refractivity contribution is 5.84. The van der Waals surface area contributed by atoms with Crippen molar-refractivity contribution in [3.05, 3.63) is 35.4 Å². The Kier molecular flexibility index (Phi) is 1.30. The summed E-state index contributed by atoms with van der Waals surface area (Å²) in [6, 6.07) is -4.87. The number of cyclic esters (lactones) is 1. The summed E-state index contributed by atoms with van der Waals surface area (Å²) < 4.78 is 125. The molecule has 2 heterocycles. The highest BCUT2D eigenvalue weighted by Crippen LogP contribution is 2.21. The highest BCUT2D eigenvalue weighted by atomic mass is 16.6. The van der Waals surface area contributed by atoms with E-state index >= 15 is 0 Å². The van der Waals surface area contributed by atoms with Crippen molar-refractivity contribution in [2.45, 2.75) is 18.8 Å². The van der Waals surface area contributed by atoms with Crippen LogP contribution in [0.4, 0.5) is 4.79 Å². The Morgan fingerprint density at radius 2 is 2.52 bits per heavy atom. The number of H-pyrrole nitrogens is 1. The van der Waals surface area contributed by atoms with Gasteiger partial charge in [0.15, 0.2) is 0 Å². The maximum Gasteiger partial charge on any atom is 0.407 e. The number of amides is 1. The number of aromatic nitrogens is 1. The fourth-order valence-corrected chi connectivity index (χ4v) is 1.83. The fraction of sp³-hybridized carbons (Fsp3) is 0.438. The van der Waals surface area contributed by atoms with Gasteiger partial charge in [0, 0.05) is 37.3 Å². The van der Waals surface area contributed by atoms with Crippen LogP contribution in [0.1, 0.15) is 31.7 Å². The number of carbonyl (C=O) groups excluding carboxylic acids is 1. The molecule has 1 aromatic carbocycles. The van der Waals surface area contributed by atoms with Crippen molar-refractivity contribution in [2.24, 2.45) is 0 Å². The van der Waals surface area contributed by atoms with Crippen molar-refractivity contribution in [2.75, 3.05) is 27.1 Å². The van der Waals surface area contributed by atoms with Gasteiger partial charge >= 0.3 is 6.09 Å². The lowest BCUT2D eigenvalue weighted by atomic mass is 10.0. The van der Waals surface area contributed by atoms with Crippen molar-refractivity contribution in [3.63, 3.8) is 0 Å². The molecular weight excluding hydrogens is 266 g/mol. The van der Waals surface area contributed by atoms with Gasteiger partial charge in [-0.25, -0.2) is 4.79 Å². The maximum atomic E-state index is 11.5. The molecule has 1 atom stereocenters. The maximum absolute atomic E-state index is 11.5. The number of benzene rings is 1. The van der Waals surface area contributed by atoms with Crippen molar-refractivity contribution >= 4 is 17.0 Å². The van der Waals surface area contributed by atoms with Gasteiger partial charge in [0.2, 0.25) is 0 Å². The molecule has 21 heavy (non-hydrogen) atoms. The van der Waals surface area contributed by atoms with Crippen LogP contribution in [-0.2, 0) is 17.5 Å². The molecule has 0 radical (unpaired) electrons. The van der Waals surface area contributed by atoms with E-state index in [9.17, 15) is 4.79 Å². The number of nitrogens with one attached hydrogen (secondary N) is 2. The lowest BCUT2D eigenvalue weighted by molar-refractivity contribution is 0.177. The van der Waals surface area contributed by atoms with Crippen LogP contribution in [-0.4, -0.2) is 49.1 Å². The van der Waals surface area contributed by atoms with E-state index in [2.05, 4.69) is 9.72 Å². The summed E-state index contributed by atoms with van der Waals surface area (Å²) >= 11 is 0. The number of likely N-dealkylation sites (N-methyl/N-ethyl adjacent to an activating group) is 1. The Morgan fingerprint density at radius 3 is 3.29 bits per heavy atom. The van der Waals surface area contributed by atoms with Crippen LogP contribution in [0.3, 0.4) is 0 Å². The summed E-state index contributed by atoms with van der Waals surface area (Å²) in [6.45, 7) is -10.8. The van der Waals surface area contributed by atoms with Gasteiger partial charge in [-0.3, -0.25) is 0 Å². The minimum absolute atomic E-state index is 0.333. The predicted octanol–water partition coefficient (Wildman–Crippen LogP) is 1.92. The van der Waals surface area contributed by atoms with Gasteiger partial charge in [-0.1, -0.05) is 6.04 Å². The van der Waals surface area contributed by atoms with Crippen molar-refractivity contribution in [1.29, 1.82) is 0 Å². The smallest absolute Gasteiger partial charge is 0.407 e. The molecule has 1 amide bonds. The van der Waals surface area contributed by atoms with Crippen molar-refractivity contribution in [1.82, 2.24) is 15.2 Å². The van der Waals surface area contributed by atoms with E-state index in [0.29, 0.717) is 0 Å². The van der Waals surface area contributed by atoms with E-state index in [-0.39, 0.29) is 10.4 Å². The highest BCUT2D eigenvalue weighted by Gasteiger charge is 2.22. The molecule has 1 aromatic heterocycles. The third kappa shape index (κ3) is 3.19. The molecule has 112 valence electrons. The second-order valence-electron chi connectivity index (χ2n) is 4.20. The largest absolute Gasteiger partial charge is 0.447 e. The number of nitrogens with zero attached hydrogens (tertiary/aromatic N) is 1. The summed E-state index contributed by atoms with van der Waals surface area (Å²) in [5, 5.41) is 1.54. The predicted molar refractivity (Wildman–Crippen MR) is 82.5 cm³/mol. The summed E-state index contributed by atoms with van der Waals surface area (Å²) in [6.07, 6.45) is -5.78. The molecule has 0 saturated carbocycles. The molecule has 1 aliphatic heterocycles. The van der Waals surface area contributed by atoms with E-state index in [0.717, 1.165) is 0 Å². The van der Waals surface area contributed by atoms with Gasteiger partial charge in [-0.15, -0.1) is 0 Å². The number of alkyl carbamates (subject to hydrolysis) is 1. The first-order chi connectivity index (χ1) is 16.1. The van der Waals surface area contributed by atoms with Crippen LogP contribution in [0.2, 0.25) is 0 Å². The zero-order chi connectivity index (χ0) is 27.8. The molecule has 3 rings (SSSR count). The third-order valence-corrected chi connectivity index (χ3v) is 2.74. The standard InChI is InChI=1S/C16H21N3O2/c1-19(2)6-5-12-9-17-15-4-3-11(8-14(12)15)7-13-10-21-16(20)18-13/h3-4,8-9,13,17H,5-7,10H2,1-2H3,(H,18,20)/t13-/m0/s1/i1D3,2D3,3D,4D,6D2,7D2,8D,9D,13D. The molecule has 1 aliphatic rings. The summed E-state index contributed by atoms with van der Waals surface area (Å²) in [5.41, 5.74) is -1.60. The average Bonchev–Trinajstić information content (AvgIpc) is 3.17. The third-order valence-electron chi connectivity index (χ3n) is 2.74. The lowest BCUT2D eigenvalue weighted by Crippen LogP contribution is -2.28. The van der Waals surface area contributed by atoms with E-state index in [4.69, 9.17) is 20.6 Å². The van der Waals surface area contributed by atoms with Gasteiger partial charge in [0.1, 0.15) is 6.61 Å². The molecular formula is C16H21N3O2. The Morgan fingerprint density at radius 1 is 1.62 bits per heavy atom. The van der Waals surface area contributed by atoms with Gasteiger partial charge < -0.3 is 19.9 Å². The molecule has 5 heteroatoms. The van der Waals surface area contributed by atoms with Gasteiger partial charge in [0.05, 0.1) is 12.9 Å². The first-order valence-electron chi connectivity index (χ1n) is 13.4.